The molecule has 1 aromatic heterocycles. The van der Waals surface area contributed by atoms with Crippen LogP contribution in [0.3, 0.4) is 0 Å². The molecule has 0 saturated carbocycles. The number of amides is 1. The maximum Gasteiger partial charge on any atom is 0.240 e. The first-order valence-electron chi connectivity index (χ1n) is 9.40. The normalized spacial score (nSPS) is 16.5. The van der Waals surface area contributed by atoms with Gasteiger partial charge in [-0.2, -0.15) is 0 Å². The molecule has 0 spiro atoms. The minimum Gasteiger partial charge on any atom is -0.356 e. The molecule has 0 bridgehead atoms. The molecule has 0 radical (unpaired) electrons. The van der Waals surface area contributed by atoms with Gasteiger partial charge in [0.2, 0.25) is 11.0 Å². The number of carbonyl (C=O) groups is 1. The summed E-state index contributed by atoms with van der Waals surface area (Å²) in [6.45, 7) is 4.53. The van der Waals surface area contributed by atoms with E-state index in [4.69, 9.17) is 0 Å². The standard InChI is InChI=1S/C21H21FN4OS2/c1-13-11-16-5-3-4-6-18(16)26(13)19(27)14(2)28-21-25-24-20(29-21)23-12-15-7-9-17(22)10-8-15/h3-10,13-14H,11-12H2,1-2H3,(H,23,24). The lowest BCUT2D eigenvalue weighted by molar-refractivity contribution is -0.118. The van der Waals surface area contributed by atoms with E-state index >= 15 is 0 Å². The average molecular weight is 429 g/mol. The Hall–Kier alpha value is -2.45. The van der Waals surface area contributed by atoms with Gasteiger partial charge in [-0.1, -0.05) is 53.4 Å². The molecule has 150 valence electrons. The van der Waals surface area contributed by atoms with Gasteiger partial charge in [0.05, 0.1) is 5.25 Å². The van der Waals surface area contributed by atoms with E-state index < -0.39 is 0 Å². The summed E-state index contributed by atoms with van der Waals surface area (Å²) < 4.78 is 13.7. The van der Waals surface area contributed by atoms with Crippen LogP contribution in [0.1, 0.15) is 25.0 Å². The van der Waals surface area contributed by atoms with Crippen LogP contribution < -0.4 is 10.2 Å². The molecule has 2 atom stereocenters. The zero-order valence-electron chi connectivity index (χ0n) is 16.1. The van der Waals surface area contributed by atoms with Gasteiger partial charge < -0.3 is 10.2 Å². The first kappa shape index (κ1) is 19.8. The minimum absolute atomic E-state index is 0.0865. The van der Waals surface area contributed by atoms with E-state index in [-0.39, 0.29) is 23.0 Å². The third kappa shape index (κ3) is 4.43. The predicted octanol–water partition coefficient (Wildman–Crippen LogP) is 4.75. The van der Waals surface area contributed by atoms with Crippen LogP contribution in [0.4, 0.5) is 15.2 Å². The number of fused-ring (bicyclic) bond motifs is 1. The van der Waals surface area contributed by atoms with Gasteiger partial charge in [0, 0.05) is 18.3 Å². The molecule has 5 nitrogen and oxygen atoms in total. The van der Waals surface area contributed by atoms with E-state index in [0.29, 0.717) is 11.7 Å². The molecule has 1 aliphatic heterocycles. The summed E-state index contributed by atoms with van der Waals surface area (Å²) in [6, 6.07) is 14.6. The van der Waals surface area contributed by atoms with Crippen molar-refractivity contribution in [1.29, 1.82) is 0 Å². The first-order valence-corrected chi connectivity index (χ1v) is 11.1. The SMILES string of the molecule is CC(Sc1nnc(NCc2ccc(F)cc2)s1)C(=O)N1c2ccccc2CC1C. The van der Waals surface area contributed by atoms with Crippen molar-refractivity contribution in [3.05, 3.63) is 65.5 Å². The van der Waals surface area contributed by atoms with Crippen LogP contribution in [0.5, 0.6) is 0 Å². The van der Waals surface area contributed by atoms with Crippen LogP contribution in [-0.4, -0.2) is 27.4 Å². The summed E-state index contributed by atoms with van der Waals surface area (Å²) in [7, 11) is 0. The molecule has 2 unspecified atom stereocenters. The van der Waals surface area contributed by atoms with Crippen molar-refractivity contribution in [2.75, 3.05) is 10.2 Å². The van der Waals surface area contributed by atoms with Gasteiger partial charge in [0.25, 0.3) is 0 Å². The number of nitrogens with one attached hydrogen (secondary N) is 1. The van der Waals surface area contributed by atoms with Crippen molar-refractivity contribution in [2.45, 2.75) is 42.4 Å². The molecule has 1 amide bonds. The summed E-state index contributed by atoms with van der Waals surface area (Å²) in [5.41, 5.74) is 3.19. The third-order valence-corrected chi connectivity index (χ3v) is 6.89. The van der Waals surface area contributed by atoms with Gasteiger partial charge in [-0.25, -0.2) is 4.39 Å². The number of nitrogens with zero attached hydrogens (tertiary/aromatic N) is 3. The fraction of sp³-hybridized carbons (Fsp3) is 0.286. The number of hydrogen-bond acceptors (Lipinski definition) is 6. The van der Waals surface area contributed by atoms with Crippen LogP contribution in [-0.2, 0) is 17.8 Å². The molecule has 1 aliphatic rings. The molecule has 0 fully saturated rings. The highest BCUT2D eigenvalue weighted by Gasteiger charge is 2.33. The Morgan fingerprint density at radius 2 is 2.03 bits per heavy atom. The Kier molecular flexibility index (Phi) is 5.82. The van der Waals surface area contributed by atoms with E-state index in [1.807, 2.05) is 30.0 Å². The van der Waals surface area contributed by atoms with Crippen molar-refractivity contribution in [3.8, 4) is 0 Å². The molecule has 2 aromatic carbocycles. The van der Waals surface area contributed by atoms with Crippen molar-refractivity contribution >= 4 is 39.8 Å². The number of thioether (sulfide) groups is 1. The van der Waals surface area contributed by atoms with Crippen molar-refractivity contribution in [1.82, 2.24) is 10.2 Å². The van der Waals surface area contributed by atoms with E-state index in [9.17, 15) is 9.18 Å². The largest absolute Gasteiger partial charge is 0.356 e. The number of carbonyl (C=O) groups excluding carboxylic acids is 1. The number of aromatic nitrogens is 2. The van der Waals surface area contributed by atoms with Crippen molar-refractivity contribution in [3.63, 3.8) is 0 Å². The van der Waals surface area contributed by atoms with Gasteiger partial charge in [-0.15, -0.1) is 10.2 Å². The fourth-order valence-corrected chi connectivity index (χ4v) is 5.35. The molecule has 3 aromatic rings. The van der Waals surface area contributed by atoms with E-state index in [1.165, 1.54) is 40.8 Å². The maximum absolute atomic E-state index is 13.1. The molecule has 8 heteroatoms. The van der Waals surface area contributed by atoms with Crippen LogP contribution in [0.25, 0.3) is 0 Å². The summed E-state index contributed by atoms with van der Waals surface area (Å²) >= 11 is 2.84. The quantitative estimate of drug-likeness (QED) is 0.574. The second-order valence-electron chi connectivity index (χ2n) is 7.00. The Bertz CT molecular complexity index is 1010. The summed E-state index contributed by atoms with van der Waals surface area (Å²) in [6.07, 6.45) is 0.884. The zero-order chi connectivity index (χ0) is 20.4. The number of benzene rings is 2. The highest BCUT2D eigenvalue weighted by molar-refractivity contribution is 8.02. The van der Waals surface area contributed by atoms with E-state index in [0.717, 1.165) is 22.0 Å². The molecule has 29 heavy (non-hydrogen) atoms. The van der Waals surface area contributed by atoms with Crippen LogP contribution >= 0.6 is 23.1 Å². The van der Waals surface area contributed by atoms with Crippen molar-refractivity contribution in [2.24, 2.45) is 0 Å². The Labute approximate surface area is 177 Å². The predicted molar refractivity (Wildman–Crippen MR) is 116 cm³/mol. The lowest BCUT2D eigenvalue weighted by atomic mass is 10.1. The molecule has 4 rings (SSSR count). The summed E-state index contributed by atoms with van der Waals surface area (Å²) in [4.78, 5) is 15.0. The molecular formula is C21H21FN4OS2. The van der Waals surface area contributed by atoms with Gasteiger partial charge in [0.1, 0.15) is 5.82 Å². The second kappa shape index (κ2) is 8.51. The highest BCUT2D eigenvalue weighted by Crippen LogP contribution is 2.35. The zero-order valence-corrected chi connectivity index (χ0v) is 17.8. The molecule has 2 heterocycles. The van der Waals surface area contributed by atoms with Gasteiger partial charge in [-0.3, -0.25) is 4.79 Å². The lowest BCUT2D eigenvalue weighted by Crippen LogP contribution is -2.40. The summed E-state index contributed by atoms with van der Waals surface area (Å²) in [5, 5.41) is 11.9. The third-order valence-electron chi connectivity index (χ3n) is 4.83. The average Bonchev–Trinajstić information content (AvgIpc) is 3.30. The molecule has 0 aliphatic carbocycles. The van der Waals surface area contributed by atoms with E-state index in [2.05, 4.69) is 28.5 Å². The minimum atomic E-state index is -0.262. The maximum atomic E-state index is 13.1. The molecular weight excluding hydrogens is 407 g/mol. The Morgan fingerprint density at radius 1 is 1.28 bits per heavy atom. The van der Waals surface area contributed by atoms with E-state index in [1.54, 1.807) is 12.1 Å². The number of para-hydroxylation sites is 1. The van der Waals surface area contributed by atoms with Crippen molar-refractivity contribution < 1.29 is 9.18 Å². The number of rotatable bonds is 6. The highest BCUT2D eigenvalue weighted by atomic mass is 32.2. The smallest absolute Gasteiger partial charge is 0.240 e. The molecule has 0 saturated heterocycles. The second-order valence-corrected chi connectivity index (χ2v) is 9.57. The van der Waals surface area contributed by atoms with Crippen LogP contribution in [0.2, 0.25) is 0 Å². The fourth-order valence-electron chi connectivity index (χ4n) is 3.41. The van der Waals surface area contributed by atoms with Gasteiger partial charge in [-0.05, 0) is 49.6 Å². The lowest BCUT2D eigenvalue weighted by Gasteiger charge is -2.25. The Morgan fingerprint density at radius 3 is 2.83 bits per heavy atom. The monoisotopic (exact) mass is 428 g/mol. The Balaban J connectivity index is 1.37. The summed E-state index contributed by atoms with van der Waals surface area (Å²) in [5.74, 6) is -0.166. The van der Waals surface area contributed by atoms with Gasteiger partial charge >= 0.3 is 0 Å². The number of halogens is 1. The number of anilines is 2. The van der Waals surface area contributed by atoms with Crippen LogP contribution in [0.15, 0.2) is 52.9 Å². The molecule has 1 N–H and O–H groups in total. The first-order chi connectivity index (χ1) is 14.0. The number of hydrogen-bond donors (Lipinski definition) is 1. The van der Waals surface area contributed by atoms with Gasteiger partial charge in [0.15, 0.2) is 4.34 Å². The topological polar surface area (TPSA) is 58.1 Å². The van der Waals surface area contributed by atoms with Crippen LogP contribution in [0, 0.1) is 5.82 Å².